The number of anilines is 1. The molecule has 1 amide bonds. The third-order valence-corrected chi connectivity index (χ3v) is 6.50. The number of hydrogen-bond acceptors (Lipinski definition) is 3. The van der Waals surface area contributed by atoms with Gasteiger partial charge in [0.25, 0.3) is 0 Å². The number of aliphatic hydroxyl groups excluding tert-OH is 1. The first-order chi connectivity index (χ1) is 12.5. The van der Waals surface area contributed by atoms with Gasteiger partial charge >= 0.3 is 0 Å². The Morgan fingerprint density at radius 1 is 1.08 bits per heavy atom. The first-order valence-corrected chi connectivity index (χ1v) is 9.68. The summed E-state index contributed by atoms with van der Waals surface area (Å²) >= 11 is 0. The smallest absolute Gasteiger partial charge is 0.230 e. The molecule has 0 aromatic heterocycles. The summed E-state index contributed by atoms with van der Waals surface area (Å²) in [6, 6.07) is 4.45. The van der Waals surface area contributed by atoms with Crippen LogP contribution in [0, 0.1) is 17.0 Å². The van der Waals surface area contributed by atoms with Gasteiger partial charge in [-0.1, -0.05) is 6.07 Å². The standard InChI is InChI=1S/C20H26F2N2O2/c21-16-3-1-4-17(18(16)22)23-11-2-9-20(13-23)10-12-24(19(20)26)14-5-7-15(25)8-6-14/h1,3-4,14-15,25H,2,5-13H2/t14-,15+,20-/m0/s1. The zero-order valence-electron chi connectivity index (χ0n) is 15.0. The van der Waals surface area contributed by atoms with Crippen LogP contribution in [0.1, 0.15) is 44.9 Å². The Labute approximate surface area is 152 Å². The fourth-order valence-electron chi connectivity index (χ4n) is 5.02. The van der Waals surface area contributed by atoms with Gasteiger partial charge in [0.15, 0.2) is 11.6 Å². The van der Waals surface area contributed by atoms with Crippen LogP contribution in [0.4, 0.5) is 14.5 Å². The molecule has 2 saturated heterocycles. The Hall–Kier alpha value is -1.69. The fourth-order valence-corrected chi connectivity index (χ4v) is 5.02. The van der Waals surface area contributed by atoms with Gasteiger partial charge < -0.3 is 14.9 Å². The van der Waals surface area contributed by atoms with Crippen molar-refractivity contribution in [3.8, 4) is 0 Å². The number of carbonyl (C=O) groups excluding carboxylic acids is 1. The number of hydrogen-bond donors (Lipinski definition) is 1. The van der Waals surface area contributed by atoms with E-state index in [4.69, 9.17) is 0 Å². The number of amides is 1. The molecule has 4 rings (SSSR count). The fraction of sp³-hybridized carbons (Fsp3) is 0.650. The summed E-state index contributed by atoms with van der Waals surface area (Å²) in [4.78, 5) is 17.1. The Morgan fingerprint density at radius 2 is 1.85 bits per heavy atom. The first kappa shape index (κ1) is 17.7. The van der Waals surface area contributed by atoms with Crippen molar-refractivity contribution < 1.29 is 18.7 Å². The molecule has 3 aliphatic rings. The number of nitrogens with zero attached hydrogens (tertiary/aromatic N) is 2. The molecule has 0 bridgehead atoms. The zero-order valence-corrected chi connectivity index (χ0v) is 15.0. The molecule has 2 heterocycles. The highest BCUT2D eigenvalue weighted by Crippen LogP contribution is 2.43. The largest absolute Gasteiger partial charge is 0.393 e. The summed E-state index contributed by atoms with van der Waals surface area (Å²) in [5, 5.41) is 9.71. The van der Waals surface area contributed by atoms with Gasteiger partial charge in [-0.2, -0.15) is 0 Å². The maximum absolute atomic E-state index is 14.2. The Balaban J connectivity index is 1.52. The first-order valence-electron chi connectivity index (χ1n) is 9.68. The summed E-state index contributed by atoms with van der Waals surface area (Å²) < 4.78 is 27.8. The summed E-state index contributed by atoms with van der Waals surface area (Å²) in [6.45, 7) is 1.84. The molecule has 1 aromatic rings. The normalized spacial score (nSPS) is 32.5. The van der Waals surface area contributed by atoms with E-state index in [0.29, 0.717) is 13.1 Å². The molecule has 6 heteroatoms. The van der Waals surface area contributed by atoms with Crippen LogP contribution in [0.25, 0.3) is 0 Å². The molecule has 142 valence electrons. The SMILES string of the molecule is O=C1N([C@H]2CC[C@@H](O)CC2)CC[C@]12CCCN(c1cccc(F)c1F)C2. The van der Waals surface area contributed by atoms with Gasteiger partial charge in [-0.15, -0.1) is 0 Å². The maximum atomic E-state index is 14.2. The Morgan fingerprint density at radius 3 is 2.62 bits per heavy atom. The van der Waals surface area contributed by atoms with Crippen LogP contribution in [-0.4, -0.2) is 47.7 Å². The average molecular weight is 364 g/mol. The van der Waals surface area contributed by atoms with Crippen LogP contribution in [-0.2, 0) is 4.79 Å². The number of benzene rings is 1. The van der Waals surface area contributed by atoms with Crippen LogP contribution in [0.2, 0.25) is 0 Å². The molecule has 1 saturated carbocycles. The summed E-state index contributed by atoms with van der Waals surface area (Å²) in [5.41, 5.74) is -0.219. The quantitative estimate of drug-likeness (QED) is 0.877. The van der Waals surface area contributed by atoms with Gasteiger partial charge in [-0.05, 0) is 57.1 Å². The highest BCUT2D eigenvalue weighted by atomic mass is 19.2. The molecule has 1 spiro atoms. The molecule has 0 radical (unpaired) electrons. The maximum Gasteiger partial charge on any atom is 0.230 e. The number of aliphatic hydroxyl groups is 1. The molecule has 1 atom stereocenters. The van der Waals surface area contributed by atoms with Crippen molar-refractivity contribution in [2.45, 2.75) is 57.1 Å². The van der Waals surface area contributed by atoms with E-state index in [1.807, 2.05) is 9.80 Å². The molecule has 3 fully saturated rings. The van der Waals surface area contributed by atoms with E-state index in [1.54, 1.807) is 6.07 Å². The molecule has 0 unspecified atom stereocenters. The Bertz CT molecular complexity index is 690. The van der Waals surface area contributed by atoms with E-state index in [2.05, 4.69) is 0 Å². The van der Waals surface area contributed by atoms with Gasteiger partial charge in [0.05, 0.1) is 17.2 Å². The topological polar surface area (TPSA) is 43.8 Å². The van der Waals surface area contributed by atoms with Crippen molar-refractivity contribution in [2.75, 3.05) is 24.5 Å². The van der Waals surface area contributed by atoms with Crippen molar-refractivity contribution in [1.29, 1.82) is 0 Å². The second kappa shape index (κ2) is 6.80. The van der Waals surface area contributed by atoms with Crippen molar-refractivity contribution in [1.82, 2.24) is 4.90 Å². The monoisotopic (exact) mass is 364 g/mol. The molecule has 4 nitrogen and oxygen atoms in total. The van der Waals surface area contributed by atoms with Crippen LogP contribution < -0.4 is 4.90 Å². The van der Waals surface area contributed by atoms with E-state index in [-0.39, 0.29) is 23.7 Å². The van der Waals surface area contributed by atoms with E-state index in [9.17, 15) is 18.7 Å². The third kappa shape index (κ3) is 2.98. The molecule has 1 aromatic carbocycles. The van der Waals surface area contributed by atoms with E-state index >= 15 is 0 Å². The number of rotatable bonds is 2. The summed E-state index contributed by atoms with van der Waals surface area (Å²) in [5.74, 6) is -1.50. The minimum Gasteiger partial charge on any atom is -0.393 e. The van der Waals surface area contributed by atoms with Gasteiger partial charge in [0, 0.05) is 25.7 Å². The zero-order chi connectivity index (χ0) is 18.3. The van der Waals surface area contributed by atoms with Crippen molar-refractivity contribution in [3.05, 3.63) is 29.8 Å². The number of likely N-dealkylation sites (tertiary alicyclic amines) is 1. The predicted molar refractivity (Wildman–Crippen MR) is 94.8 cm³/mol. The minimum atomic E-state index is -0.845. The highest BCUT2D eigenvalue weighted by Gasteiger charge is 2.50. The lowest BCUT2D eigenvalue weighted by atomic mass is 9.78. The van der Waals surface area contributed by atoms with E-state index < -0.39 is 17.0 Å². The second-order valence-corrected chi connectivity index (χ2v) is 8.09. The molecule has 2 aliphatic heterocycles. The van der Waals surface area contributed by atoms with Crippen molar-refractivity contribution >= 4 is 11.6 Å². The van der Waals surface area contributed by atoms with Gasteiger partial charge in [-0.3, -0.25) is 4.79 Å². The molecule has 1 N–H and O–H groups in total. The third-order valence-electron chi connectivity index (χ3n) is 6.50. The van der Waals surface area contributed by atoms with E-state index in [0.717, 1.165) is 57.6 Å². The number of halogens is 2. The summed E-state index contributed by atoms with van der Waals surface area (Å²) in [6.07, 6.45) is 5.36. The molecular formula is C20H26F2N2O2. The highest BCUT2D eigenvalue weighted by molar-refractivity contribution is 5.86. The predicted octanol–water partition coefficient (Wildman–Crippen LogP) is 3.09. The lowest BCUT2D eigenvalue weighted by Crippen LogP contribution is -2.50. The second-order valence-electron chi connectivity index (χ2n) is 8.09. The lowest BCUT2D eigenvalue weighted by Gasteiger charge is -2.41. The molecular weight excluding hydrogens is 338 g/mol. The van der Waals surface area contributed by atoms with Crippen LogP contribution in [0.15, 0.2) is 18.2 Å². The van der Waals surface area contributed by atoms with Crippen molar-refractivity contribution in [3.63, 3.8) is 0 Å². The Kier molecular flexibility index (Phi) is 4.63. The van der Waals surface area contributed by atoms with E-state index in [1.165, 1.54) is 6.07 Å². The number of carbonyl (C=O) groups is 1. The van der Waals surface area contributed by atoms with Gasteiger partial charge in [0.1, 0.15) is 0 Å². The lowest BCUT2D eigenvalue weighted by molar-refractivity contribution is -0.139. The van der Waals surface area contributed by atoms with Crippen molar-refractivity contribution in [2.24, 2.45) is 5.41 Å². The minimum absolute atomic E-state index is 0.167. The van der Waals surface area contributed by atoms with Gasteiger partial charge in [0.2, 0.25) is 5.91 Å². The van der Waals surface area contributed by atoms with Crippen LogP contribution in [0.5, 0.6) is 0 Å². The van der Waals surface area contributed by atoms with Gasteiger partial charge in [-0.25, -0.2) is 8.78 Å². The van der Waals surface area contributed by atoms with Crippen LogP contribution >= 0.6 is 0 Å². The molecule has 26 heavy (non-hydrogen) atoms. The number of piperidine rings is 1. The molecule has 1 aliphatic carbocycles. The average Bonchev–Trinajstić information content (AvgIpc) is 2.94. The van der Waals surface area contributed by atoms with Crippen LogP contribution in [0.3, 0.4) is 0 Å². The summed E-state index contributed by atoms with van der Waals surface area (Å²) in [7, 11) is 0.